The molecular weight excluding hydrogens is 260 g/mol. The third-order valence-electron chi connectivity index (χ3n) is 3.74. The summed E-state index contributed by atoms with van der Waals surface area (Å²) in [5, 5.41) is 11.9. The van der Waals surface area contributed by atoms with E-state index in [1.54, 1.807) is 0 Å². The average Bonchev–Trinajstić information content (AvgIpc) is 2.93. The van der Waals surface area contributed by atoms with Gasteiger partial charge in [0.05, 0.1) is 11.6 Å². The molecule has 1 N–H and O–H groups in total. The van der Waals surface area contributed by atoms with E-state index in [1.165, 1.54) is 5.56 Å². The molecule has 0 spiro atoms. The van der Waals surface area contributed by atoms with Crippen LogP contribution < -0.4 is 5.32 Å². The lowest BCUT2D eigenvalue weighted by Crippen LogP contribution is -2.12. The van der Waals surface area contributed by atoms with Crippen LogP contribution in [0.25, 0.3) is 11.0 Å². The molecule has 4 heteroatoms. The van der Waals surface area contributed by atoms with Crippen LogP contribution in [0.3, 0.4) is 0 Å². The van der Waals surface area contributed by atoms with Crippen molar-refractivity contribution >= 4 is 16.7 Å². The van der Waals surface area contributed by atoms with E-state index in [9.17, 15) is 0 Å². The Balaban J connectivity index is 1.61. The van der Waals surface area contributed by atoms with Crippen molar-refractivity contribution in [3.63, 3.8) is 0 Å². The lowest BCUT2D eigenvalue weighted by molar-refractivity contribution is 0.470. The summed E-state index contributed by atoms with van der Waals surface area (Å²) in [6.07, 6.45) is 1.00. The Morgan fingerprint density at radius 2 is 1.86 bits per heavy atom. The Morgan fingerprint density at radius 1 is 1.10 bits per heavy atom. The summed E-state index contributed by atoms with van der Waals surface area (Å²) in [7, 11) is 0. The third kappa shape index (κ3) is 3.05. The van der Waals surface area contributed by atoms with E-state index in [0.717, 1.165) is 29.7 Å². The summed E-state index contributed by atoms with van der Waals surface area (Å²) in [6.45, 7) is 5.19. The standard InChI is InChI=1S/C17H20N4/c1-13-7-9-15(10-8-13)18-12-11-14(2)21-17-6-4-3-5-16(17)19-20-21/h3-10,14,18H,11-12H2,1-2H3. The van der Waals surface area contributed by atoms with Crippen LogP contribution in [0, 0.1) is 6.92 Å². The van der Waals surface area contributed by atoms with Crippen molar-refractivity contribution in [1.29, 1.82) is 0 Å². The van der Waals surface area contributed by atoms with Crippen LogP contribution in [-0.4, -0.2) is 21.5 Å². The number of aryl methyl sites for hydroxylation is 1. The second kappa shape index (κ2) is 5.95. The SMILES string of the molecule is Cc1ccc(NCCC(C)n2nnc3ccccc32)cc1. The fourth-order valence-electron chi connectivity index (χ4n) is 2.43. The molecule has 0 saturated heterocycles. The summed E-state index contributed by atoms with van der Waals surface area (Å²) in [6, 6.07) is 16.9. The smallest absolute Gasteiger partial charge is 0.113 e. The summed E-state index contributed by atoms with van der Waals surface area (Å²) in [5.41, 5.74) is 4.50. The zero-order valence-electron chi connectivity index (χ0n) is 12.5. The molecule has 0 aliphatic heterocycles. The van der Waals surface area contributed by atoms with E-state index < -0.39 is 0 Å². The van der Waals surface area contributed by atoms with Gasteiger partial charge in [0, 0.05) is 12.2 Å². The number of aromatic nitrogens is 3. The van der Waals surface area contributed by atoms with Crippen molar-refractivity contribution in [2.75, 3.05) is 11.9 Å². The van der Waals surface area contributed by atoms with Crippen molar-refractivity contribution in [2.24, 2.45) is 0 Å². The molecule has 2 aromatic carbocycles. The zero-order chi connectivity index (χ0) is 14.7. The van der Waals surface area contributed by atoms with Gasteiger partial charge in [-0.05, 0) is 44.5 Å². The second-order valence-corrected chi connectivity index (χ2v) is 5.45. The van der Waals surface area contributed by atoms with Crippen molar-refractivity contribution in [3.05, 3.63) is 54.1 Å². The van der Waals surface area contributed by atoms with E-state index in [2.05, 4.69) is 59.8 Å². The van der Waals surface area contributed by atoms with Gasteiger partial charge in [0.25, 0.3) is 0 Å². The molecule has 1 aromatic heterocycles. The molecule has 0 amide bonds. The van der Waals surface area contributed by atoms with Crippen LogP contribution in [0.2, 0.25) is 0 Å². The molecule has 0 radical (unpaired) electrons. The maximum atomic E-state index is 4.27. The van der Waals surface area contributed by atoms with Crippen LogP contribution in [0.15, 0.2) is 48.5 Å². The molecule has 0 aliphatic rings. The first kappa shape index (κ1) is 13.6. The fourth-order valence-corrected chi connectivity index (χ4v) is 2.43. The van der Waals surface area contributed by atoms with E-state index >= 15 is 0 Å². The summed E-state index contributed by atoms with van der Waals surface area (Å²) in [4.78, 5) is 0. The summed E-state index contributed by atoms with van der Waals surface area (Å²) < 4.78 is 2.01. The van der Waals surface area contributed by atoms with Crippen molar-refractivity contribution in [3.8, 4) is 0 Å². The van der Waals surface area contributed by atoms with E-state index in [1.807, 2.05) is 22.9 Å². The first-order valence-corrected chi connectivity index (χ1v) is 7.34. The quantitative estimate of drug-likeness (QED) is 0.773. The molecule has 1 unspecified atom stereocenters. The summed E-state index contributed by atoms with van der Waals surface area (Å²) in [5.74, 6) is 0. The number of para-hydroxylation sites is 1. The highest BCUT2D eigenvalue weighted by atomic mass is 15.4. The number of nitrogens with one attached hydrogen (secondary N) is 1. The molecule has 21 heavy (non-hydrogen) atoms. The molecule has 108 valence electrons. The van der Waals surface area contributed by atoms with Gasteiger partial charge in [-0.15, -0.1) is 5.10 Å². The molecule has 3 rings (SSSR count). The van der Waals surface area contributed by atoms with E-state index in [-0.39, 0.29) is 0 Å². The van der Waals surface area contributed by atoms with Crippen molar-refractivity contribution in [2.45, 2.75) is 26.3 Å². The number of anilines is 1. The van der Waals surface area contributed by atoms with Gasteiger partial charge < -0.3 is 5.32 Å². The molecule has 0 aliphatic carbocycles. The highest BCUT2D eigenvalue weighted by Gasteiger charge is 2.10. The first-order valence-electron chi connectivity index (χ1n) is 7.34. The van der Waals surface area contributed by atoms with Gasteiger partial charge in [0.2, 0.25) is 0 Å². The monoisotopic (exact) mass is 280 g/mol. The number of nitrogens with zero attached hydrogens (tertiary/aromatic N) is 3. The largest absolute Gasteiger partial charge is 0.385 e. The van der Waals surface area contributed by atoms with Crippen molar-refractivity contribution < 1.29 is 0 Å². The maximum Gasteiger partial charge on any atom is 0.113 e. The molecular formula is C17H20N4. The minimum Gasteiger partial charge on any atom is -0.385 e. The minimum absolute atomic E-state index is 0.315. The Bertz CT molecular complexity index is 715. The van der Waals surface area contributed by atoms with Crippen LogP contribution in [-0.2, 0) is 0 Å². The number of fused-ring (bicyclic) bond motifs is 1. The average molecular weight is 280 g/mol. The second-order valence-electron chi connectivity index (χ2n) is 5.45. The normalized spacial score (nSPS) is 12.5. The van der Waals surface area contributed by atoms with Crippen LogP contribution >= 0.6 is 0 Å². The highest BCUT2D eigenvalue weighted by Crippen LogP contribution is 2.18. The number of hydrogen-bond acceptors (Lipinski definition) is 3. The first-order chi connectivity index (χ1) is 10.2. The predicted molar refractivity (Wildman–Crippen MR) is 86.5 cm³/mol. The third-order valence-corrected chi connectivity index (χ3v) is 3.74. The Labute approximate surface area is 124 Å². The van der Waals surface area contributed by atoms with Crippen LogP contribution in [0.1, 0.15) is 24.9 Å². The molecule has 1 heterocycles. The lowest BCUT2D eigenvalue weighted by Gasteiger charge is -2.13. The Morgan fingerprint density at radius 3 is 2.67 bits per heavy atom. The van der Waals surface area contributed by atoms with Gasteiger partial charge in [-0.2, -0.15) is 0 Å². The predicted octanol–water partition coefficient (Wildman–Crippen LogP) is 3.80. The fraction of sp³-hybridized carbons (Fsp3) is 0.294. The highest BCUT2D eigenvalue weighted by molar-refractivity contribution is 5.73. The lowest BCUT2D eigenvalue weighted by atomic mass is 10.2. The topological polar surface area (TPSA) is 42.7 Å². The molecule has 3 aromatic rings. The van der Waals surface area contributed by atoms with Crippen molar-refractivity contribution in [1.82, 2.24) is 15.0 Å². The molecule has 0 saturated carbocycles. The minimum atomic E-state index is 0.315. The van der Waals surface area contributed by atoms with E-state index in [0.29, 0.717) is 6.04 Å². The molecule has 1 atom stereocenters. The Hall–Kier alpha value is -2.36. The Kier molecular flexibility index (Phi) is 3.86. The van der Waals surface area contributed by atoms with Crippen LogP contribution in [0.5, 0.6) is 0 Å². The molecule has 0 bridgehead atoms. The zero-order valence-corrected chi connectivity index (χ0v) is 12.5. The number of hydrogen-bond donors (Lipinski definition) is 1. The van der Waals surface area contributed by atoms with Gasteiger partial charge in [-0.3, -0.25) is 0 Å². The van der Waals surface area contributed by atoms with Gasteiger partial charge in [-0.25, -0.2) is 4.68 Å². The molecule has 4 nitrogen and oxygen atoms in total. The van der Waals surface area contributed by atoms with Gasteiger partial charge in [0.15, 0.2) is 0 Å². The summed E-state index contributed by atoms with van der Waals surface area (Å²) >= 11 is 0. The van der Waals surface area contributed by atoms with Crippen LogP contribution in [0.4, 0.5) is 5.69 Å². The van der Waals surface area contributed by atoms with E-state index in [4.69, 9.17) is 0 Å². The van der Waals surface area contributed by atoms with Gasteiger partial charge in [0.1, 0.15) is 5.52 Å². The maximum absolute atomic E-state index is 4.27. The van der Waals surface area contributed by atoms with Gasteiger partial charge in [-0.1, -0.05) is 35.0 Å². The molecule has 0 fully saturated rings. The number of rotatable bonds is 5. The number of benzene rings is 2. The van der Waals surface area contributed by atoms with Gasteiger partial charge >= 0.3 is 0 Å².